The van der Waals surface area contributed by atoms with Crippen molar-refractivity contribution in [1.82, 2.24) is 15.0 Å². The highest BCUT2D eigenvalue weighted by Gasteiger charge is 2.19. The van der Waals surface area contributed by atoms with Gasteiger partial charge in [-0.2, -0.15) is 15.0 Å². The Morgan fingerprint density at radius 1 is 1.14 bits per heavy atom. The van der Waals surface area contributed by atoms with Gasteiger partial charge in [0.15, 0.2) is 0 Å². The van der Waals surface area contributed by atoms with Crippen LogP contribution in [0.4, 0.5) is 11.9 Å². The van der Waals surface area contributed by atoms with Gasteiger partial charge >= 0.3 is 0 Å². The van der Waals surface area contributed by atoms with E-state index in [-0.39, 0.29) is 17.5 Å². The van der Waals surface area contributed by atoms with Crippen LogP contribution in [0.2, 0.25) is 0 Å². The van der Waals surface area contributed by atoms with Crippen molar-refractivity contribution in [2.75, 3.05) is 18.6 Å². The summed E-state index contributed by atoms with van der Waals surface area (Å²) in [7, 11) is 1.63. The lowest BCUT2D eigenvalue weighted by atomic mass is 10.1. The number of nitrogens with two attached hydrogens (primary N) is 2. The van der Waals surface area contributed by atoms with Gasteiger partial charge in [0.1, 0.15) is 5.82 Å². The fraction of sp³-hybridized carbons (Fsp3) is 0.625. The molecular formula is C8H15N5O. The molecule has 1 aromatic rings. The Kier molecular flexibility index (Phi) is 2.85. The molecule has 4 N–H and O–H groups in total. The third-order valence-corrected chi connectivity index (χ3v) is 1.85. The van der Waals surface area contributed by atoms with Crippen LogP contribution in [0.5, 0.6) is 0 Å². The smallest absolute Gasteiger partial charge is 0.225 e. The molecule has 0 saturated heterocycles. The molecule has 1 heterocycles. The highest BCUT2D eigenvalue weighted by molar-refractivity contribution is 5.26. The Labute approximate surface area is 82.7 Å². The highest BCUT2D eigenvalue weighted by atomic mass is 16.5. The number of hydrogen-bond acceptors (Lipinski definition) is 6. The van der Waals surface area contributed by atoms with E-state index in [1.807, 2.05) is 13.8 Å². The predicted octanol–water partition coefficient (Wildman–Crippen LogP) is 0.00350. The van der Waals surface area contributed by atoms with Gasteiger partial charge in [0.05, 0.1) is 5.60 Å². The van der Waals surface area contributed by atoms with E-state index in [4.69, 9.17) is 16.2 Å². The fourth-order valence-corrected chi connectivity index (χ4v) is 0.989. The maximum atomic E-state index is 5.44. The standard InChI is InChI=1S/C8H15N5O/c1-8(2,14-3)4-5-11-6(9)13-7(10)12-5/h4H2,1-3H3,(H4,9,10,11,12,13). The van der Waals surface area contributed by atoms with Crippen LogP contribution < -0.4 is 11.5 Å². The summed E-state index contributed by atoms with van der Waals surface area (Å²) in [6.45, 7) is 3.87. The van der Waals surface area contributed by atoms with Crippen molar-refractivity contribution in [2.45, 2.75) is 25.9 Å². The quantitative estimate of drug-likeness (QED) is 0.707. The largest absolute Gasteiger partial charge is 0.378 e. The first kappa shape index (κ1) is 10.6. The van der Waals surface area contributed by atoms with Gasteiger partial charge in [-0.25, -0.2) is 0 Å². The molecule has 0 spiro atoms. The van der Waals surface area contributed by atoms with E-state index in [1.54, 1.807) is 7.11 Å². The first-order valence-corrected chi connectivity index (χ1v) is 4.24. The summed E-state index contributed by atoms with van der Waals surface area (Å²) in [5, 5.41) is 0. The van der Waals surface area contributed by atoms with Crippen LogP contribution in [0.15, 0.2) is 0 Å². The van der Waals surface area contributed by atoms with Crippen molar-refractivity contribution < 1.29 is 4.74 Å². The number of rotatable bonds is 3. The van der Waals surface area contributed by atoms with E-state index >= 15 is 0 Å². The zero-order valence-corrected chi connectivity index (χ0v) is 8.61. The maximum absolute atomic E-state index is 5.44. The minimum absolute atomic E-state index is 0.138. The second kappa shape index (κ2) is 3.75. The Bertz CT molecular complexity index is 305. The van der Waals surface area contributed by atoms with Crippen LogP contribution in [-0.2, 0) is 11.2 Å². The van der Waals surface area contributed by atoms with Gasteiger partial charge in [0, 0.05) is 13.5 Å². The van der Waals surface area contributed by atoms with Crippen LogP contribution in [0.3, 0.4) is 0 Å². The molecule has 0 aliphatic carbocycles. The summed E-state index contributed by atoms with van der Waals surface area (Å²) in [5.74, 6) is 0.820. The second-order valence-corrected chi connectivity index (χ2v) is 3.61. The lowest BCUT2D eigenvalue weighted by Gasteiger charge is -2.21. The molecule has 0 amide bonds. The number of nitrogen functional groups attached to an aromatic ring is 2. The molecule has 0 atom stereocenters. The lowest BCUT2D eigenvalue weighted by Crippen LogP contribution is -2.27. The van der Waals surface area contributed by atoms with E-state index in [9.17, 15) is 0 Å². The van der Waals surface area contributed by atoms with Gasteiger partial charge in [0.25, 0.3) is 0 Å². The summed E-state index contributed by atoms with van der Waals surface area (Å²) in [6.07, 6.45) is 0.542. The first-order chi connectivity index (χ1) is 6.43. The minimum Gasteiger partial charge on any atom is -0.378 e. The average molecular weight is 197 g/mol. The summed E-state index contributed by atoms with van der Waals surface area (Å²) in [5.41, 5.74) is 10.5. The van der Waals surface area contributed by atoms with Crippen molar-refractivity contribution in [3.8, 4) is 0 Å². The van der Waals surface area contributed by atoms with Crippen molar-refractivity contribution in [1.29, 1.82) is 0 Å². The molecule has 0 bridgehead atoms. The van der Waals surface area contributed by atoms with E-state index < -0.39 is 0 Å². The van der Waals surface area contributed by atoms with Crippen LogP contribution >= 0.6 is 0 Å². The predicted molar refractivity (Wildman–Crippen MR) is 53.4 cm³/mol. The van der Waals surface area contributed by atoms with Gasteiger partial charge in [-0.15, -0.1) is 0 Å². The Hall–Kier alpha value is -1.43. The summed E-state index contributed by atoms with van der Waals surface area (Å²) in [6, 6.07) is 0. The fourth-order valence-electron chi connectivity index (χ4n) is 0.989. The van der Waals surface area contributed by atoms with Gasteiger partial charge in [-0.05, 0) is 13.8 Å². The summed E-state index contributed by atoms with van der Waals surface area (Å²) < 4.78 is 5.24. The monoisotopic (exact) mass is 197 g/mol. The molecule has 0 radical (unpaired) electrons. The molecule has 6 nitrogen and oxygen atoms in total. The van der Waals surface area contributed by atoms with Crippen molar-refractivity contribution in [3.63, 3.8) is 0 Å². The van der Waals surface area contributed by atoms with E-state index in [2.05, 4.69) is 15.0 Å². The van der Waals surface area contributed by atoms with Crippen molar-refractivity contribution >= 4 is 11.9 Å². The average Bonchev–Trinajstić information content (AvgIpc) is 2.01. The van der Waals surface area contributed by atoms with E-state index in [1.165, 1.54) is 0 Å². The molecule has 0 unspecified atom stereocenters. The molecule has 1 aromatic heterocycles. The molecule has 1 rings (SSSR count). The van der Waals surface area contributed by atoms with Crippen LogP contribution in [-0.4, -0.2) is 27.7 Å². The van der Waals surface area contributed by atoms with Crippen molar-refractivity contribution in [2.24, 2.45) is 0 Å². The van der Waals surface area contributed by atoms with Gasteiger partial charge in [-0.3, -0.25) is 0 Å². The topological polar surface area (TPSA) is 99.9 Å². The first-order valence-electron chi connectivity index (χ1n) is 4.24. The minimum atomic E-state index is -0.333. The van der Waals surface area contributed by atoms with Gasteiger partial charge < -0.3 is 16.2 Å². The van der Waals surface area contributed by atoms with Crippen LogP contribution in [0, 0.1) is 0 Å². The molecule has 0 saturated carbocycles. The van der Waals surface area contributed by atoms with Crippen molar-refractivity contribution in [3.05, 3.63) is 5.82 Å². The maximum Gasteiger partial charge on any atom is 0.225 e. The van der Waals surface area contributed by atoms with Crippen LogP contribution in [0.25, 0.3) is 0 Å². The number of hydrogen-bond donors (Lipinski definition) is 2. The number of ether oxygens (including phenoxy) is 1. The van der Waals surface area contributed by atoms with E-state index in [0.29, 0.717) is 12.2 Å². The molecule has 6 heteroatoms. The third kappa shape index (κ3) is 2.81. The molecule has 0 fully saturated rings. The molecular weight excluding hydrogens is 182 g/mol. The number of aromatic nitrogens is 3. The normalized spacial score (nSPS) is 11.6. The van der Waals surface area contributed by atoms with Crippen LogP contribution in [0.1, 0.15) is 19.7 Å². The summed E-state index contributed by atoms with van der Waals surface area (Å²) in [4.78, 5) is 11.6. The zero-order valence-electron chi connectivity index (χ0n) is 8.61. The Balaban J connectivity index is 2.87. The molecule has 0 aliphatic rings. The van der Waals surface area contributed by atoms with E-state index in [0.717, 1.165) is 0 Å². The summed E-state index contributed by atoms with van der Waals surface area (Å²) >= 11 is 0. The lowest BCUT2D eigenvalue weighted by molar-refractivity contribution is 0.0216. The number of methoxy groups -OCH3 is 1. The third-order valence-electron chi connectivity index (χ3n) is 1.85. The molecule has 78 valence electrons. The highest BCUT2D eigenvalue weighted by Crippen LogP contribution is 2.13. The molecule has 14 heavy (non-hydrogen) atoms. The van der Waals surface area contributed by atoms with Gasteiger partial charge in [-0.1, -0.05) is 0 Å². The number of nitrogens with zero attached hydrogens (tertiary/aromatic N) is 3. The number of anilines is 2. The SMILES string of the molecule is COC(C)(C)Cc1nc(N)nc(N)n1. The molecule has 0 aliphatic heterocycles. The Morgan fingerprint density at radius 3 is 2.07 bits per heavy atom. The molecule has 0 aromatic carbocycles. The van der Waals surface area contributed by atoms with Gasteiger partial charge in [0.2, 0.25) is 11.9 Å². The second-order valence-electron chi connectivity index (χ2n) is 3.61. The zero-order chi connectivity index (χ0) is 10.8. The Morgan fingerprint density at radius 2 is 1.64 bits per heavy atom.